The Morgan fingerprint density at radius 1 is 0.351 bits per heavy atom. The third-order valence-electron chi connectivity index (χ3n) is 11.0. The summed E-state index contributed by atoms with van der Waals surface area (Å²) in [6.07, 6.45) is 27.6. The van der Waals surface area contributed by atoms with Gasteiger partial charge in [-0.2, -0.15) is 0 Å². The number of carbonyl (C=O) groups excluding carboxylic acids is 5. The van der Waals surface area contributed by atoms with E-state index in [0.717, 1.165) is 128 Å². The molecule has 7 nitrogen and oxygen atoms in total. The predicted molar refractivity (Wildman–Crippen MR) is 232 cm³/mol. The molecule has 2 aromatic rings. The molecule has 1 N–H and O–H groups in total. The van der Waals surface area contributed by atoms with Crippen LogP contribution < -0.4 is 0 Å². The van der Waals surface area contributed by atoms with Gasteiger partial charge in [-0.25, -0.2) is 0 Å². The van der Waals surface area contributed by atoms with Crippen LogP contribution in [-0.2, 0) is 9.59 Å². The predicted octanol–water partition coefficient (Wildman–Crippen LogP) is 13.9. The summed E-state index contributed by atoms with van der Waals surface area (Å²) in [7, 11) is 0. The Morgan fingerprint density at radius 3 is 0.877 bits per heavy atom. The van der Waals surface area contributed by atoms with Gasteiger partial charge in [-0.15, -0.1) is 0 Å². The van der Waals surface area contributed by atoms with Crippen LogP contribution >= 0.6 is 0 Å². The van der Waals surface area contributed by atoms with Gasteiger partial charge in [0.1, 0.15) is 5.78 Å². The molecule has 0 saturated heterocycles. The molecule has 0 atom stereocenters. The van der Waals surface area contributed by atoms with Crippen LogP contribution in [0.3, 0.4) is 0 Å². The highest BCUT2D eigenvalue weighted by molar-refractivity contribution is 6.02. The van der Waals surface area contributed by atoms with Crippen molar-refractivity contribution in [3.8, 4) is 0 Å². The van der Waals surface area contributed by atoms with Crippen molar-refractivity contribution in [1.82, 2.24) is 0 Å². The van der Waals surface area contributed by atoms with Gasteiger partial charge >= 0.3 is 5.97 Å². The Labute approximate surface area is 344 Å². The van der Waals surface area contributed by atoms with Gasteiger partial charge in [0.15, 0.2) is 23.1 Å². The molecular formula is C50H74O7. The molecule has 0 heterocycles. The number of carbonyl (C=O) groups is 6. The first-order valence-electron chi connectivity index (χ1n) is 22.8. The first kappa shape index (κ1) is 49.4. The SMILES string of the molecule is CCCCCCCCC(=O)c1cccc(C(=O)CCCCCCCCC(=O)c2cccc(C(=O)CCCCCCCCC(=O)CCCCCCCCC(=O)O)c2)c1. The van der Waals surface area contributed by atoms with E-state index in [4.69, 9.17) is 5.11 Å². The molecule has 0 saturated carbocycles. The van der Waals surface area contributed by atoms with Crippen molar-refractivity contribution >= 4 is 34.9 Å². The molecule has 0 aromatic heterocycles. The Hall–Kier alpha value is -3.74. The lowest BCUT2D eigenvalue weighted by molar-refractivity contribution is -0.137. The Kier molecular flexibility index (Phi) is 27.9. The summed E-state index contributed by atoms with van der Waals surface area (Å²) in [6, 6.07) is 14.4. The Morgan fingerprint density at radius 2 is 0.596 bits per heavy atom. The van der Waals surface area contributed by atoms with Crippen molar-refractivity contribution in [3.63, 3.8) is 0 Å². The van der Waals surface area contributed by atoms with Gasteiger partial charge in [0.05, 0.1) is 0 Å². The van der Waals surface area contributed by atoms with Gasteiger partial charge in [0.2, 0.25) is 0 Å². The molecule has 0 unspecified atom stereocenters. The van der Waals surface area contributed by atoms with Crippen LogP contribution in [0.5, 0.6) is 0 Å². The van der Waals surface area contributed by atoms with E-state index in [1.54, 1.807) is 30.3 Å². The van der Waals surface area contributed by atoms with Crippen LogP contribution in [-0.4, -0.2) is 40.0 Å². The molecule has 0 fully saturated rings. The molecule has 2 rings (SSSR count). The molecule has 57 heavy (non-hydrogen) atoms. The lowest BCUT2D eigenvalue weighted by atomic mass is 9.97. The van der Waals surface area contributed by atoms with Crippen LogP contribution in [0.25, 0.3) is 0 Å². The topological polar surface area (TPSA) is 123 Å². The number of Topliss-reactive ketones (excluding diaryl/α,β-unsaturated/α-hetero) is 5. The second kappa shape index (κ2) is 32.2. The number of benzene rings is 2. The zero-order valence-electron chi connectivity index (χ0n) is 35.4. The van der Waals surface area contributed by atoms with Crippen molar-refractivity contribution in [2.75, 3.05) is 0 Å². The van der Waals surface area contributed by atoms with Gasteiger partial charge in [0, 0.05) is 67.2 Å². The highest BCUT2D eigenvalue weighted by Gasteiger charge is 2.13. The lowest BCUT2D eigenvalue weighted by Gasteiger charge is -2.06. The van der Waals surface area contributed by atoms with Gasteiger partial charge in [0.25, 0.3) is 0 Å². The molecule has 0 spiro atoms. The van der Waals surface area contributed by atoms with Gasteiger partial charge in [-0.05, 0) is 57.1 Å². The van der Waals surface area contributed by atoms with E-state index in [1.807, 2.05) is 18.2 Å². The van der Waals surface area contributed by atoms with E-state index in [-0.39, 0.29) is 29.6 Å². The molecule has 0 radical (unpaired) electrons. The third kappa shape index (κ3) is 24.6. The number of unbranched alkanes of at least 4 members (excludes halogenated alkanes) is 20. The number of ketones is 5. The second-order valence-electron chi connectivity index (χ2n) is 16.2. The second-order valence-corrected chi connectivity index (χ2v) is 16.2. The number of carboxylic acids is 1. The minimum Gasteiger partial charge on any atom is -0.481 e. The van der Waals surface area contributed by atoms with Crippen LogP contribution in [0.4, 0.5) is 0 Å². The van der Waals surface area contributed by atoms with E-state index < -0.39 is 5.97 Å². The first-order valence-corrected chi connectivity index (χ1v) is 22.8. The summed E-state index contributed by atoms with van der Waals surface area (Å²) in [5, 5.41) is 8.67. The monoisotopic (exact) mass is 787 g/mol. The molecular weight excluding hydrogens is 713 g/mol. The maximum absolute atomic E-state index is 12.9. The average Bonchev–Trinajstić information content (AvgIpc) is 3.21. The summed E-state index contributed by atoms with van der Waals surface area (Å²) < 4.78 is 0. The highest BCUT2D eigenvalue weighted by Crippen LogP contribution is 2.19. The molecule has 0 aliphatic heterocycles. The van der Waals surface area contributed by atoms with Crippen molar-refractivity contribution in [2.24, 2.45) is 0 Å². The van der Waals surface area contributed by atoms with Crippen molar-refractivity contribution in [2.45, 2.75) is 206 Å². The summed E-state index contributed by atoms with van der Waals surface area (Å²) >= 11 is 0. The molecule has 0 bridgehead atoms. The largest absolute Gasteiger partial charge is 0.481 e. The zero-order chi connectivity index (χ0) is 41.4. The zero-order valence-corrected chi connectivity index (χ0v) is 35.4. The molecule has 316 valence electrons. The van der Waals surface area contributed by atoms with Crippen molar-refractivity contribution < 1.29 is 33.9 Å². The molecule has 7 heteroatoms. The van der Waals surface area contributed by atoms with Crippen LogP contribution in [0.2, 0.25) is 0 Å². The minimum atomic E-state index is -0.730. The van der Waals surface area contributed by atoms with Gasteiger partial charge < -0.3 is 5.11 Å². The minimum absolute atomic E-state index is 0.0754. The van der Waals surface area contributed by atoms with Crippen LogP contribution in [0.15, 0.2) is 48.5 Å². The fourth-order valence-electron chi connectivity index (χ4n) is 7.40. The summed E-state index contributed by atoms with van der Waals surface area (Å²) in [5.41, 5.74) is 2.49. The number of aliphatic carboxylic acids is 1. The summed E-state index contributed by atoms with van der Waals surface area (Å²) in [4.78, 5) is 73.8. The smallest absolute Gasteiger partial charge is 0.303 e. The summed E-state index contributed by atoms with van der Waals surface area (Å²) in [6.45, 7) is 2.20. The lowest BCUT2D eigenvalue weighted by Crippen LogP contribution is -2.04. The Balaban J connectivity index is 1.49. The number of hydrogen-bond donors (Lipinski definition) is 1. The van der Waals surface area contributed by atoms with Crippen LogP contribution in [0.1, 0.15) is 247 Å². The van der Waals surface area contributed by atoms with Crippen molar-refractivity contribution in [3.05, 3.63) is 70.8 Å². The maximum atomic E-state index is 12.9. The normalized spacial score (nSPS) is 11.1. The van der Waals surface area contributed by atoms with Crippen molar-refractivity contribution in [1.29, 1.82) is 0 Å². The fourth-order valence-corrected chi connectivity index (χ4v) is 7.40. The average molecular weight is 787 g/mol. The summed E-state index contributed by atoms with van der Waals surface area (Å²) in [5.74, 6) is -0.00945. The number of hydrogen-bond acceptors (Lipinski definition) is 6. The van der Waals surface area contributed by atoms with E-state index in [9.17, 15) is 28.8 Å². The first-order chi connectivity index (χ1) is 27.7. The van der Waals surface area contributed by atoms with Gasteiger partial charge in [-0.3, -0.25) is 28.8 Å². The van der Waals surface area contributed by atoms with E-state index in [2.05, 4.69) is 6.92 Å². The van der Waals surface area contributed by atoms with E-state index in [0.29, 0.717) is 66.6 Å². The maximum Gasteiger partial charge on any atom is 0.303 e. The standard InChI is InChI=1S/C50H74O7/c1-2-3-4-5-14-21-34-46(52)41-28-26-29-42(39-41)48(54)36-23-16-9-10-17-24-37-49(55)44-31-27-30-43(40-44)47(53)35-22-15-8-6-12-19-32-45(51)33-20-13-7-11-18-25-38-50(56)57/h26-31,39-40H,2-25,32-38H2,1H3,(H,56,57). The number of rotatable bonds is 38. The quantitative estimate of drug-likeness (QED) is 0.0531. The molecule has 0 amide bonds. The van der Waals surface area contributed by atoms with Crippen LogP contribution in [0, 0.1) is 0 Å². The van der Waals surface area contributed by atoms with Gasteiger partial charge in [-0.1, -0.05) is 152 Å². The van der Waals surface area contributed by atoms with E-state index in [1.165, 1.54) is 25.7 Å². The molecule has 0 aliphatic carbocycles. The fraction of sp³-hybridized carbons (Fsp3) is 0.640. The molecule has 0 aliphatic rings. The molecule has 2 aromatic carbocycles. The third-order valence-corrected chi connectivity index (χ3v) is 11.0. The highest BCUT2D eigenvalue weighted by atomic mass is 16.4. The Bertz CT molecular complexity index is 1470. The number of carboxylic acid groups (broad SMARTS) is 1. The van der Waals surface area contributed by atoms with E-state index >= 15 is 0 Å².